The first-order chi connectivity index (χ1) is 6.72. The number of ether oxygens (including phenoxy) is 1. The Hall–Kier alpha value is 0.140. The van der Waals surface area contributed by atoms with Gasteiger partial charge in [0, 0.05) is 4.83 Å². The first kappa shape index (κ1) is 13.2. The van der Waals surface area contributed by atoms with Gasteiger partial charge in [0.05, 0.1) is 19.3 Å². The van der Waals surface area contributed by atoms with Gasteiger partial charge in [-0.1, -0.05) is 15.9 Å². The van der Waals surface area contributed by atoms with E-state index in [2.05, 4.69) is 20.1 Å². The van der Waals surface area contributed by atoms with Crippen LogP contribution in [0.25, 0.3) is 0 Å². The molecule has 0 aromatic heterocycles. The molecule has 1 aliphatic heterocycles. The Bertz CT molecular complexity index is 315. The zero-order valence-corrected chi connectivity index (χ0v) is 9.73. The van der Waals surface area contributed by atoms with Gasteiger partial charge in [0.1, 0.15) is 0 Å². The standard InChI is InChI=1S/C6H8BrF3O4S/c7-4-1-5(13-2-4)3-14-15(11,12)6(8,9)10/h4-5H,1-3H2/t4-,5-/m1/s1. The van der Waals surface area contributed by atoms with E-state index in [1.807, 2.05) is 0 Å². The Labute approximate surface area is 93.0 Å². The average molecular weight is 313 g/mol. The molecule has 0 aliphatic carbocycles. The molecule has 15 heavy (non-hydrogen) atoms. The molecule has 1 saturated heterocycles. The molecule has 0 spiro atoms. The van der Waals surface area contributed by atoms with E-state index >= 15 is 0 Å². The van der Waals surface area contributed by atoms with Gasteiger partial charge < -0.3 is 4.74 Å². The smallest absolute Gasteiger partial charge is 0.375 e. The van der Waals surface area contributed by atoms with Crippen LogP contribution in [0.15, 0.2) is 0 Å². The van der Waals surface area contributed by atoms with Crippen molar-refractivity contribution in [3.63, 3.8) is 0 Å². The van der Waals surface area contributed by atoms with E-state index in [0.29, 0.717) is 13.0 Å². The Morgan fingerprint density at radius 2 is 2.07 bits per heavy atom. The highest BCUT2D eigenvalue weighted by atomic mass is 79.9. The van der Waals surface area contributed by atoms with Crippen molar-refractivity contribution in [1.82, 2.24) is 0 Å². The Morgan fingerprint density at radius 1 is 1.47 bits per heavy atom. The highest BCUT2D eigenvalue weighted by Gasteiger charge is 2.47. The van der Waals surface area contributed by atoms with Gasteiger partial charge in [0.2, 0.25) is 0 Å². The summed E-state index contributed by atoms with van der Waals surface area (Å²) in [7, 11) is -5.50. The van der Waals surface area contributed by atoms with Gasteiger partial charge in [-0.05, 0) is 6.42 Å². The van der Waals surface area contributed by atoms with Crippen molar-refractivity contribution < 1.29 is 30.5 Å². The summed E-state index contributed by atoms with van der Waals surface area (Å²) in [5.41, 5.74) is -5.38. The third-order valence-electron chi connectivity index (χ3n) is 1.72. The van der Waals surface area contributed by atoms with Gasteiger partial charge in [-0.2, -0.15) is 21.6 Å². The number of hydrogen-bond donors (Lipinski definition) is 0. The van der Waals surface area contributed by atoms with Crippen LogP contribution in [0.5, 0.6) is 0 Å². The van der Waals surface area contributed by atoms with Crippen molar-refractivity contribution in [3.8, 4) is 0 Å². The predicted molar refractivity (Wildman–Crippen MR) is 48.0 cm³/mol. The first-order valence-electron chi connectivity index (χ1n) is 3.94. The zero-order valence-electron chi connectivity index (χ0n) is 7.33. The van der Waals surface area contributed by atoms with Crippen LogP contribution in [0.4, 0.5) is 13.2 Å². The summed E-state index contributed by atoms with van der Waals surface area (Å²) < 4.78 is 65.2. The minimum Gasteiger partial charge on any atom is -0.375 e. The fourth-order valence-electron chi connectivity index (χ4n) is 1.01. The highest BCUT2D eigenvalue weighted by molar-refractivity contribution is 9.09. The molecule has 1 heterocycles. The normalized spacial score (nSPS) is 28.3. The van der Waals surface area contributed by atoms with Crippen LogP contribution in [0.1, 0.15) is 6.42 Å². The monoisotopic (exact) mass is 312 g/mol. The van der Waals surface area contributed by atoms with Gasteiger partial charge in [-0.15, -0.1) is 0 Å². The second kappa shape index (κ2) is 4.56. The van der Waals surface area contributed by atoms with E-state index < -0.39 is 28.3 Å². The summed E-state index contributed by atoms with van der Waals surface area (Å²) in [6, 6.07) is 0. The molecule has 0 N–H and O–H groups in total. The van der Waals surface area contributed by atoms with E-state index in [4.69, 9.17) is 4.74 Å². The van der Waals surface area contributed by atoms with Crippen LogP contribution in [-0.4, -0.2) is 38.1 Å². The lowest BCUT2D eigenvalue weighted by Crippen LogP contribution is -2.28. The Morgan fingerprint density at radius 3 is 2.47 bits per heavy atom. The van der Waals surface area contributed by atoms with Gasteiger partial charge in [-0.25, -0.2) is 0 Å². The maximum atomic E-state index is 11.8. The van der Waals surface area contributed by atoms with Gasteiger partial charge in [0.25, 0.3) is 0 Å². The molecule has 0 amide bonds. The lowest BCUT2D eigenvalue weighted by atomic mass is 10.2. The van der Waals surface area contributed by atoms with Crippen LogP contribution < -0.4 is 0 Å². The SMILES string of the molecule is O=S(=O)(OC[C@H]1C[C@@H](Br)CO1)C(F)(F)F. The van der Waals surface area contributed by atoms with Gasteiger partial charge in [-0.3, -0.25) is 4.18 Å². The lowest BCUT2D eigenvalue weighted by Gasteiger charge is -2.11. The molecule has 9 heteroatoms. The van der Waals surface area contributed by atoms with Crippen molar-refractivity contribution in [2.45, 2.75) is 22.9 Å². The molecule has 0 radical (unpaired) electrons. The van der Waals surface area contributed by atoms with Crippen LogP contribution in [0.3, 0.4) is 0 Å². The molecule has 0 saturated carbocycles. The predicted octanol–water partition coefficient (Wildman–Crippen LogP) is 1.41. The fourth-order valence-corrected chi connectivity index (χ4v) is 2.04. The molecule has 0 aromatic carbocycles. The summed E-state index contributed by atoms with van der Waals surface area (Å²) >= 11 is 3.19. The molecule has 1 aliphatic rings. The molecular weight excluding hydrogens is 305 g/mol. The fraction of sp³-hybridized carbons (Fsp3) is 1.00. The molecule has 1 rings (SSSR count). The minimum absolute atomic E-state index is 0.0275. The van der Waals surface area contributed by atoms with Crippen LogP contribution in [0.2, 0.25) is 0 Å². The molecular formula is C6H8BrF3O4S. The minimum atomic E-state index is -5.50. The highest BCUT2D eigenvalue weighted by Crippen LogP contribution is 2.26. The summed E-state index contributed by atoms with van der Waals surface area (Å²) in [5, 5.41) is 0. The summed E-state index contributed by atoms with van der Waals surface area (Å²) in [4.78, 5) is 0.0275. The van der Waals surface area contributed by atoms with E-state index in [1.165, 1.54) is 0 Å². The maximum absolute atomic E-state index is 11.8. The van der Waals surface area contributed by atoms with Crippen LogP contribution in [-0.2, 0) is 19.0 Å². The van der Waals surface area contributed by atoms with Gasteiger partial charge >= 0.3 is 15.6 Å². The largest absolute Gasteiger partial charge is 0.523 e. The van der Waals surface area contributed by atoms with E-state index in [-0.39, 0.29) is 4.83 Å². The topological polar surface area (TPSA) is 52.6 Å². The van der Waals surface area contributed by atoms with E-state index in [9.17, 15) is 21.6 Å². The van der Waals surface area contributed by atoms with Crippen LogP contribution >= 0.6 is 15.9 Å². The second-order valence-corrected chi connectivity index (χ2v) is 5.87. The quantitative estimate of drug-likeness (QED) is 0.449. The molecule has 1 fully saturated rings. The Kier molecular flexibility index (Phi) is 4.01. The molecule has 0 unspecified atom stereocenters. The summed E-state index contributed by atoms with van der Waals surface area (Å²) in [6.45, 7) is -0.274. The third kappa shape index (κ3) is 3.58. The number of hydrogen-bond acceptors (Lipinski definition) is 4. The molecule has 90 valence electrons. The molecule has 4 nitrogen and oxygen atoms in total. The maximum Gasteiger partial charge on any atom is 0.523 e. The molecule has 0 aromatic rings. The number of alkyl halides is 4. The Balaban J connectivity index is 2.44. The molecule has 0 bridgehead atoms. The van der Waals surface area contributed by atoms with Crippen molar-refractivity contribution in [3.05, 3.63) is 0 Å². The van der Waals surface area contributed by atoms with Crippen molar-refractivity contribution in [1.29, 1.82) is 0 Å². The van der Waals surface area contributed by atoms with Crippen molar-refractivity contribution in [2.24, 2.45) is 0 Å². The third-order valence-corrected chi connectivity index (χ3v) is 3.38. The van der Waals surface area contributed by atoms with Gasteiger partial charge in [0.15, 0.2) is 0 Å². The summed E-state index contributed by atoms with van der Waals surface area (Å²) in [6.07, 6.45) is -0.195. The number of halogens is 4. The first-order valence-corrected chi connectivity index (χ1v) is 6.26. The zero-order chi connectivity index (χ0) is 11.7. The van der Waals surface area contributed by atoms with E-state index in [0.717, 1.165) is 0 Å². The number of rotatable bonds is 3. The second-order valence-electron chi connectivity index (χ2n) is 2.97. The van der Waals surface area contributed by atoms with Crippen LogP contribution in [0, 0.1) is 0 Å². The lowest BCUT2D eigenvalue weighted by molar-refractivity contribution is -0.0569. The molecule has 2 atom stereocenters. The van der Waals surface area contributed by atoms with E-state index in [1.54, 1.807) is 0 Å². The summed E-state index contributed by atoms with van der Waals surface area (Å²) in [5.74, 6) is 0. The average Bonchev–Trinajstić information content (AvgIpc) is 2.46. The van der Waals surface area contributed by atoms with Crippen molar-refractivity contribution in [2.75, 3.05) is 13.2 Å². The van der Waals surface area contributed by atoms with Crippen molar-refractivity contribution >= 4 is 26.0 Å².